The van der Waals surface area contributed by atoms with E-state index in [2.05, 4.69) is 40.2 Å². The summed E-state index contributed by atoms with van der Waals surface area (Å²) in [5, 5.41) is 10.1. The Morgan fingerprint density at radius 1 is 1.32 bits per heavy atom. The van der Waals surface area contributed by atoms with Gasteiger partial charge in [-0.3, -0.25) is 4.90 Å². The van der Waals surface area contributed by atoms with Gasteiger partial charge in [-0.1, -0.05) is 12.1 Å². The van der Waals surface area contributed by atoms with Crippen molar-refractivity contribution in [2.45, 2.75) is 25.8 Å². The van der Waals surface area contributed by atoms with Crippen LogP contribution in [-0.4, -0.2) is 23.0 Å². The van der Waals surface area contributed by atoms with Crippen LogP contribution < -0.4 is 0 Å². The van der Waals surface area contributed by atoms with Crippen LogP contribution in [0.5, 0.6) is 0 Å². The summed E-state index contributed by atoms with van der Waals surface area (Å²) in [7, 11) is 0. The zero-order valence-corrected chi connectivity index (χ0v) is 11.1. The van der Waals surface area contributed by atoms with Crippen LogP contribution in [0.15, 0.2) is 30.5 Å². The minimum Gasteiger partial charge on any atom is -0.361 e. The fraction of sp³-hybridized carbons (Fsp3) is 0.438. The maximum absolute atomic E-state index is 8.79. The van der Waals surface area contributed by atoms with Gasteiger partial charge in [-0.15, -0.1) is 0 Å². The molecule has 1 aromatic heterocycles. The van der Waals surface area contributed by atoms with Crippen LogP contribution in [0.25, 0.3) is 10.9 Å². The second-order valence-corrected chi connectivity index (χ2v) is 5.44. The summed E-state index contributed by atoms with van der Waals surface area (Å²) in [6.07, 6.45) is 5.33. The Hall–Kier alpha value is -1.79. The monoisotopic (exact) mass is 253 g/mol. The molecule has 2 aromatic rings. The predicted molar refractivity (Wildman–Crippen MR) is 76.5 cm³/mol. The Morgan fingerprint density at radius 2 is 2.21 bits per heavy atom. The fourth-order valence-electron chi connectivity index (χ4n) is 2.64. The fourth-order valence-corrected chi connectivity index (χ4v) is 2.64. The molecule has 3 nitrogen and oxygen atoms in total. The van der Waals surface area contributed by atoms with Crippen LogP contribution in [0.1, 0.15) is 24.8 Å². The highest BCUT2D eigenvalue weighted by Crippen LogP contribution is 2.30. The van der Waals surface area contributed by atoms with Crippen molar-refractivity contribution in [1.29, 1.82) is 5.26 Å². The lowest BCUT2D eigenvalue weighted by Gasteiger charge is -2.21. The van der Waals surface area contributed by atoms with Gasteiger partial charge in [-0.2, -0.15) is 5.26 Å². The minimum atomic E-state index is 0.621. The van der Waals surface area contributed by atoms with E-state index in [0.29, 0.717) is 6.42 Å². The maximum Gasteiger partial charge on any atom is 0.0635 e. The number of H-pyrrole nitrogens is 1. The van der Waals surface area contributed by atoms with Gasteiger partial charge in [0.05, 0.1) is 6.07 Å². The molecule has 0 amide bonds. The molecule has 0 atom stereocenters. The molecule has 1 aliphatic rings. The molecule has 1 N–H and O–H groups in total. The first-order chi connectivity index (χ1) is 9.36. The highest BCUT2D eigenvalue weighted by Gasteiger charge is 2.24. The van der Waals surface area contributed by atoms with Gasteiger partial charge < -0.3 is 4.98 Å². The van der Waals surface area contributed by atoms with Crippen molar-refractivity contribution in [3.63, 3.8) is 0 Å². The molecule has 3 heteroatoms. The Morgan fingerprint density at radius 3 is 3.00 bits per heavy atom. The lowest BCUT2D eigenvalue weighted by atomic mass is 10.1. The van der Waals surface area contributed by atoms with Crippen molar-refractivity contribution >= 4 is 10.9 Å². The third kappa shape index (κ3) is 2.97. The van der Waals surface area contributed by atoms with Crippen LogP contribution in [0.3, 0.4) is 0 Å². The second kappa shape index (κ2) is 5.46. The number of nitrogens with zero attached hydrogens (tertiary/aromatic N) is 2. The summed E-state index contributed by atoms with van der Waals surface area (Å²) in [6.45, 7) is 2.98. The molecule has 0 unspecified atom stereocenters. The number of fused-ring (bicyclic) bond motifs is 1. The van der Waals surface area contributed by atoms with Crippen LogP contribution >= 0.6 is 0 Å². The zero-order chi connectivity index (χ0) is 13.1. The summed E-state index contributed by atoms with van der Waals surface area (Å²) < 4.78 is 0. The number of nitrogens with one attached hydrogen (secondary N) is 1. The highest BCUT2D eigenvalue weighted by molar-refractivity contribution is 5.82. The van der Waals surface area contributed by atoms with Gasteiger partial charge in [0.1, 0.15) is 0 Å². The molecule has 0 radical (unpaired) electrons. The smallest absolute Gasteiger partial charge is 0.0635 e. The van der Waals surface area contributed by atoms with Gasteiger partial charge in [0.25, 0.3) is 0 Å². The average Bonchev–Trinajstić information content (AvgIpc) is 3.09. The van der Waals surface area contributed by atoms with E-state index in [1.54, 1.807) is 0 Å². The third-order valence-corrected chi connectivity index (χ3v) is 3.83. The number of aromatic nitrogens is 1. The van der Waals surface area contributed by atoms with Crippen molar-refractivity contribution < 1.29 is 0 Å². The highest BCUT2D eigenvalue weighted by atomic mass is 15.1. The van der Waals surface area contributed by atoms with Crippen LogP contribution in [0, 0.1) is 17.2 Å². The summed E-state index contributed by atoms with van der Waals surface area (Å²) in [5.74, 6) is 0.865. The quantitative estimate of drug-likeness (QED) is 0.858. The Balaban J connectivity index is 1.76. The van der Waals surface area contributed by atoms with Crippen molar-refractivity contribution in [1.82, 2.24) is 9.88 Å². The normalized spacial score (nSPS) is 14.9. The Kier molecular flexibility index (Phi) is 3.52. The third-order valence-electron chi connectivity index (χ3n) is 3.83. The number of aromatic amines is 1. The number of hydrogen-bond donors (Lipinski definition) is 1. The summed E-state index contributed by atoms with van der Waals surface area (Å²) in [4.78, 5) is 5.69. The summed E-state index contributed by atoms with van der Waals surface area (Å²) >= 11 is 0. The molecule has 1 fully saturated rings. The number of hydrogen-bond acceptors (Lipinski definition) is 2. The predicted octanol–water partition coefficient (Wildman–Crippen LogP) is 3.29. The summed E-state index contributed by atoms with van der Waals surface area (Å²) in [5.41, 5.74) is 2.56. The number of nitriles is 1. The van der Waals surface area contributed by atoms with Gasteiger partial charge in [0.15, 0.2) is 0 Å². The molecule has 0 aliphatic heterocycles. The Bertz CT molecular complexity index is 589. The second-order valence-electron chi connectivity index (χ2n) is 5.44. The van der Waals surface area contributed by atoms with Crippen LogP contribution in [-0.2, 0) is 6.54 Å². The maximum atomic E-state index is 8.79. The topological polar surface area (TPSA) is 42.8 Å². The molecule has 0 bridgehead atoms. The van der Waals surface area contributed by atoms with Gasteiger partial charge in [0, 0.05) is 43.2 Å². The molecule has 1 saturated carbocycles. The van der Waals surface area contributed by atoms with Crippen molar-refractivity contribution in [2.24, 2.45) is 5.92 Å². The lowest BCUT2D eigenvalue weighted by Crippen LogP contribution is -2.26. The van der Waals surface area contributed by atoms with Gasteiger partial charge in [-0.25, -0.2) is 0 Å². The average molecular weight is 253 g/mol. The van der Waals surface area contributed by atoms with Gasteiger partial charge in [-0.05, 0) is 36.5 Å². The Labute approximate surface area is 113 Å². The molecule has 19 heavy (non-hydrogen) atoms. The van der Waals surface area contributed by atoms with E-state index in [4.69, 9.17) is 5.26 Å². The molecule has 3 rings (SSSR count). The first-order valence-corrected chi connectivity index (χ1v) is 7.01. The molecular formula is C16H19N3. The summed E-state index contributed by atoms with van der Waals surface area (Å²) in [6, 6.07) is 10.8. The SMILES string of the molecule is N#CCCN(Cc1cccc2[nH]ccc12)CC1CC1. The van der Waals surface area contributed by atoms with Crippen molar-refractivity contribution in [3.8, 4) is 6.07 Å². The first-order valence-electron chi connectivity index (χ1n) is 7.01. The van der Waals surface area contributed by atoms with E-state index in [0.717, 1.165) is 25.6 Å². The largest absolute Gasteiger partial charge is 0.361 e. The molecule has 1 heterocycles. The van der Waals surface area contributed by atoms with E-state index in [9.17, 15) is 0 Å². The molecule has 0 spiro atoms. The molecule has 0 saturated heterocycles. The van der Waals surface area contributed by atoms with Gasteiger partial charge in [0.2, 0.25) is 0 Å². The number of rotatable bonds is 6. The van der Waals surface area contributed by atoms with E-state index in [-0.39, 0.29) is 0 Å². The zero-order valence-electron chi connectivity index (χ0n) is 11.1. The van der Waals surface area contributed by atoms with E-state index >= 15 is 0 Å². The number of benzene rings is 1. The van der Waals surface area contributed by atoms with Crippen molar-refractivity contribution in [2.75, 3.05) is 13.1 Å². The molecule has 1 aromatic carbocycles. The van der Waals surface area contributed by atoms with E-state index in [1.807, 2.05) is 6.20 Å². The lowest BCUT2D eigenvalue weighted by molar-refractivity contribution is 0.261. The van der Waals surface area contributed by atoms with E-state index in [1.165, 1.54) is 29.3 Å². The van der Waals surface area contributed by atoms with Crippen LogP contribution in [0.4, 0.5) is 0 Å². The first kappa shape index (κ1) is 12.3. The standard InChI is InChI=1S/C16H19N3/c17-8-2-10-19(11-13-5-6-13)12-14-3-1-4-16-15(14)7-9-18-16/h1,3-4,7,9,13,18H,2,5-6,10-12H2. The molecule has 98 valence electrons. The molecule has 1 aliphatic carbocycles. The molecular weight excluding hydrogens is 234 g/mol. The minimum absolute atomic E-state index is 0.621. The van der Waals surface area contributed by atoms with E-state index < -0.39 is 0 Å². The van der Waals surface area contributed by atoms with Crippen LogP contribution in [0.2, 0.25) is 0 Å². The van der Waals surface area contributed by atoms with Gasteiger partial charge >= 0.3 is 0 Å². The van der Waals surface area contributed by atoms with Crippen molar-refractivity contribution in [3.05, 3.63) is 36.0 Å².